The Kier molecular flexibility index (Phi) is 10.7. The highest BCUT2D eigenvalue weighted by Crippen LogP contribution is 2.37. The lowest BCUT2D eigenvalue weighted by Crippen LogP contribution is -2.21. The van der Waals surface area contributed by atoms with Gasteiger partial charge in [0.1, 0.15) is 0 Å². The molecule has 0 aromatic heterocycles. The molecule has 0 radical (unpaired) electrons. The Balaban J connectivity index is 2.55. The summed E-state index contributed by atoms with van der Waals surface area (Å²) in [6.07, 6.45) is 11.3. The van der Waals surface area contributed by atoms with E-state index in [9.17, 15) is 0 Å². The summed E-state index contributed by atoms with van der Waals surface area (Å²) in [6, 6.07) is 15.0. The van der Waals surface area contributed by atoms with Crippen molar-refractivity contribution in [2.45, 2.75) is 163 Å². The fourth-order valence-corrected chi connectivity index (χ4v) is 5.39. The van der Waals surface area contributed by atoms with Gasteiger partial charge in [0.15, 0.2) is 0 Å². The molecule has 208 valence electrons. The Morgan fingerprint density at radius 2 is 0.757 bits per heavy atom. The number of unbranched alkanes of at least 4 members (excludes halogenated alkanes) is 4. The van der Waals surface area contributed by atoms with E-state index in [1.807, 2.05) is 0 Å². The highest BCUT2D eigenvalue weighted by Gasteiger charge is 2.26. The van der Waals surface area contributed by atoms with Crippen LogP contribution in [0.4, 0.5) is 0 Å². The zero-order valence-electron chi connectivity index (χ0n) is 26.8. The third-order valence-corrected chi connectivity index (χ3v) is 8.50. The third kappa shape index (κ3) is 9.30. The first-order chi connectivity index (χ1) is 17.0. The van der Waals surface area contributed by atoms with Crippen molar-refractivity contribution in [1.82, 2.24) is 0 Å². The molecule has 0 heterocycles. The van der Waals surface area contributed by atoms with Crippen LogP contribution in [0.25, 0.3) is 0 Å². The molecule has 0 aliphatic rings. The quantitative estimate of drug-likeness (QED) is 0.252. The van der Waals surface area contributed by atoms with Crippen molar-refractivity contribution >= 4 is 0 Å². The summed E-state index contributed by atoms with van der Waals surface area (Å²) in [7, 11) is 0. The molecule has 2 aromatic rings. The Morgan fingerprint density at radius 1 is 0.432 bits per heavy atom. The largest absolute Gasteiger partial charge is 0.0654 e. The van der Waals surface area contributed by atoms with E-state index >= 15 is 0 Å². The molecule has 0 N–H and O–H groups in total. The maximum atomic E-state index is 2.52. The van der Waals surface area contributed by atoms with Crippen molar-refractivity contribution in [2.75, 3.05) is 0 Å². The highest BCUT2D eigenvalue weighted by atomic mass is 14.3. The van der Waals surface area contributed by atoms with Gasteiger partial charge in [0.25, 0.3) is 0 Å². The molecular weight excluding hydrogens is 444 g/mol. The average molecular weight is 505 g/mol. The molecule has 0 aliphatic heterocycles. The standard InChI is InChI=1S/C37H60/c1-13-15-17-19-36(9,10)32-24-28(22-30(26-32)34(3,4)5)21-29-23-31(35(6,7)8)27-33(25-29)37(11,12)20-18-16-14-2/h22-27H,13-21H2,1-12H3. The van der Waals surface area contributed by atoms with Crippen molar-refractivity contribution in [1.29, 1.82) is 0 Å². The molecule has 0 amide bonds. The van der Waals surface area contributed by atoms with Gasteiger partial charge in [0.2, 0.25) is 0 Å². The molecule has 0 saturated heterocycles. The van der Waals surface area contributed by atoms with E-state index in [-0.39, 0.29) is 21.7 Å². The van der Waals surface area contributed by atoms with Crippen molar-refractivity contribution in [2.24, 2.45) is 0 Å². The van der Waals surface area contributed by atoms with Crippen LogP contribution in [-0.4, -0.2) is 0 Å². The fraction of sp³-hybridized carbons (Fsp3) is 0.676. The summed E-state index contributed by atoms with van der Waals surface area (Å²) in [4.78, 5) is 0. The van der Waals surface area contributed by atoms with Crippen LogP contribution in [0.2, 0.25) is 0 Å². The van der Waals surface area contributed by atoms with E-state index in [0.29, 0.717) is 0 Å². The first kappa shape index (κ1) is 31.7. The molecule has 0 aliphatic carbocycles. The van der Waals surface area contributed by atoms with Crippen molar-refractivity contribution < 1.29 is 0 Å². The van der Waals surface area contributed by atoms with Gasteiger partial charge in [0, 0.05) is 0 Å². The van der Waals surface area contributed by atoms with Crippen molar-refractivity contribution in [3.63, 3.8) is 0 Å². The predicted octanol–water partition coefficient (Wildman–Crippen LogP) is 11.6. The normalized spacial score (nSPS) is 13.3. The van der Waals surface area contributed by atoms with Gasteiger partial charge in [-0.15, -0.1) is 0 Å². The van der Waals surface area contributed by atoms with Crippen molar-refractivity contribution in [3.8, 4) is 0 Å². The number of hydrogen-bond acceptors (Lipinski definition) is 0. The summed E-state index contributed by atoms with van der Waals surface area (Å²) in [5.74, 6) is 0. The van der Waals surface area contributed by atoms with Crippen LogP contribution in [0.3, 0.4) is 0 Å². The summed E-state index contributed by atoms with van der Waals surface area (Å²) in [5, 5.41) is 0. The predicted molar refractivity (Wildman–Crippen MR) is 167 cm³/mol. The molecule has 0 bridgehead atoms. The second-order valence-corrected chi connectivity index (χ2v) is 15.2. The van der Waals surface area contributed by atoms with E-state index in [1.54, 1.807) is 0 Å². The van der Waals surface area contributed by atoms with E-state index in [1.165, 1.54) is 84.7 Å². The first-order valence-corrected chi connectivity index (χ1v) is 15.3. The molecule has 2 aromatic carbocycles. The summed E-state index contributed by atoms with van der Waals surface area (Å²) in [5.41, 5.74) is 9.57. The number of rotatable bonds is 12. The molecule has 0 atom stereocenters. The van der Waals surface area contributed by atoms with Crippen LogP contribution < -0.4 is 0 Å². The van der Waals surface area contributed by atoms with Gasteiger partial charge < -0.3 is 0 Å². The lowest BCUT2D eigenvalue weighted by Gasteiger charge is -2.30. The summed E-state index contributed by atoms with van der Waals surface area (Å²) >= 11 is 0. The van der Waals surface area contributed by atoms with Gasteiger partial charge in [-0.25, -0.2) is 0 Å². The lowest BCUT2D eigenvalue weighted by molar-refractivity contribution is 0.448. The Morgan fingerprint density at radius 3 is 1.05 bits per heavy atom. The molecule has 0 saturated carbocycles. The zero-order valence-corrected chi connectivity index (χ0v) is 26.8. The molecule has 0 heteroatoms. The topological polar surface area (TPSA) is 0 Å². The zero-order chi connectivity index (χ0) is 28.1. The van der Waals surface area contributed by atoms with Crippen molar-refractivity contribution in [3.05, 3.63) is 69.8 Å². The van der Waals surface area contributed by atoms with Gasteiger partial charge in [-0.2, -0.15) is 0 Å². The average Bonchev–Trinajstić information content (AvgIpc) is 2.77. The van der Waals surface area contributed by atoms with Gasteiger partial charge >= 0.3 is 0 Å². The van der Waals surface area contributed by atoms with Crippen LogP contribution in [0.5, 0.6) is 0 Å². The lowest BCUT2D eigenvalue weighted by atomic mass is 9.74. The molecule has 0 nitrogen and oxygen atoms in total. The molecule has 37 heavy (non-hydrogen) atoms. The minimum Gasteiger partial charge on any atom is -0.0654 e. The van der Waals surface area contributed by atoms with Crippen LogP contribution in [0.1, 0.15) is 168 Å². The van der Waals surface area contributed by atoms with E-state index < -0.39 is 0 Å². The third-order valence-electron chi connectivity index (χ3n) is 8.50. The fourth-order valence-electron chi connectivity index (χ4n) is 5.39. The first-order valence-electron chi connectivity index (χ1n) is 15.3. The second-order valence-electron chi connectivity index (χ2n) is 15.2. The van der Waals surface area contributed by atoms with E-state index in [0.717, 1.165) is 6.42 Å². The smallest absolute Gasteiger partial charge is 0.00254 e. The molecular formula is C37H60. The van der Waals surface area contributed by atoms with E-state index in [4.69, 9.17) is 0 Å². The minimum atomic E-state index is 0.143. The molecule has 0 unspecified atom stereocenters. The summed E-state index contributed by atoms with van der Waals surface area (Å²) in [6.45, 7) is 28.6. The Bertz CT molecular complexity index is 906. The maximum Gasteiger partial charge on any atom is -0.00254 e. The minimum absolute atomic E-state index is 0.143. The van der Waals surface area contributed by atoms with Crippen LogP contribution in [0, 0.1) is 0 Å². The van der Waals surface area contributed by atoms with E-state index in [2.05, 4.69) is 119 Å². The Labute approximate surface area is 232 Å². The SMILES string of the molecule is CCCCCC(C)(C)c1cc(Cc2cc(C(C)(C)C)cc(C(C)(C)CCCCC)c2)cc(C(C)(C)C)c1. The number of hydrogen-bond donors (Lipinski definition) is 0. The Hall–Kier alpha value is -1.56. The highest BCUT2D eigenvalue weighted by molar-refractivity contribution is 5.43. The maximum absolute atomic E-state index is 2.52. The van der Waals surface area contributed by atoms with Gasteiger partial charge in [-0.05, 0) is 74.3 Å². The van der Waals surface area contributed by atoms with Gasteiger partial charge in [-0.3, -0.25) is 0 Å². The van der Waals surface area contributed by atoms with Crippen LogP contribution >= 0.6 is 0 Å². The number of benzene rings is 2. The van der Waals surface area contributed by atoms with Crippen LogP contribution in [-0.2, 0) is 28.1 Å². The molecule has 0 spiro atoms. The monoisotopic (exact) mass is 504 g/mol. The summed E-state index contributed by atoms with van der Waals surface area (Å²) < 4.78 is 0. The van der Waals surface area contributed by atoms with Gasteiger partial charge in [-0.1, -0.05) is 158 Å². The van der Waals surface area contributed by atoms with Gasteiger partial charge in [0.05, 0.1) is 0 Å². The second kappa shape index (κ2) is 12.5. The van der Waals surface area contributed by atoms with Crippen LogP contribution in [0.15, 0.2) is 36.4 Å². The molecule has 0 fully saturated rings. The molecule has 2 rings (SSSR count).